The van der Waals surface area contributed by atoms with Gasteiger partial charge in [0.05, 0.1) is 0 Å². The smallest absolute Gasteiger partial charge is 0.00754 e. The highest BCUT2D eigenvalue weighted by Crippen LogP contribution is 2.10. The Bertz CT molecular complexity index is 80.2. The summed E-state index contributed by atoms with van der Waals surface area (Å²) in [4.78, 5) is 2.54. The molecule has 68 valence electrons. The van der Waals surface area contributed by atoms with Crippen molar-refractivity contribution in [2.45, 2.75) is 19.9 Å². The molecule has 0 aliphatic carbocycles. The molecule has 3 heteroatoms. The van der Waals surface area contributed by atoms with E-state index in [1.165, 1.54) is 31.6 Å². The minimum Gasteiger partial charge on any atom is -0.333 e. The highest BCUT2D eigenvalue weighted by atomic mass is 32.2. The van der Waals surface area contributed by atoms with Crippen molar-refractivity contribution in [2.75, 3.05) is 31.6 Å². The van der Waals surface area contributed by atoms with Crippen molar-refractivity contribution in [1.82, 2.24) is 4.90 Å². The molecule has 1 aliphatic rings. The number of hydrogen-bond acceptors (Lipinski definition) is 3. The van der Waals surface area contributed by atoms with Crippen molar-refractivity contribution < 1.29 is 0 Å². The van der Waals surface area contributed by atoms with E-state index >= 15 is 0 Å². The summed E-state index contributed by atoms with van der Waals surface area (Å²) in [6.07, 6.45) is 0. The molecule has 1 aliphatic heterocycles. The molecule has 1 saturated heterocycles. The van der Waals surface area contributed by atoms with Crippen LogP contribution >= 0.6 is 11.8 Å². The zero-order valence-electron chi connectivity index (χ0n) is 7.84. The summed E-state index contributed by atoms with van der Waals surface area (Å²) in [7, 11) is 1.50. The highest BCUT2D eigenvalue weighted by molar-refractivity contribution is 7.99. The summed E-state index contributed by atoms with van der Waals surface area (Å²) >= 11 is 2.07. The number of rotatable bonds is 1. The third-order valence-electron chi connectivity index (χ3n) is 1.78. The molecule has 1 heterocycles. The summed E-state index contributed by atoms with van der Waals surface area (Å²) < 4.78 is 0. The SMILES string of the molecule is CC(C)N1CCSCC1.CN. The van der Waals surface area contributed by atoms with E-state index in [0.717, 1.165) is 6.04 Å². The largest absolute Gasteiger partial charge is 0.333 e. The predicted molar refractivity (Wildman–Crippen MR) is 54.1 cm³/mol. The van der Waals surface area contributed by atoms with Gasteiger partial charge in [-0.2, -0.15) is 11.8 Å². The monoisotopic (exact) mass is 176 g/mol. The van der Waals surface area contributed by atoms with E-state index in [1.807, 2.05) is 0 Å². The van der Waals surface area contributed by atoms with Gasteiger partial charge in [0.15, 0.2) is 0 Å². The van der Waals surface area contributed by atoms with Crippen LogP contribution in [0, 0.1) is 0 Å². The van der Waals surface area contributed by atoms with Gasteiger partial charge in [-0.05, 0) is 20.9 Å². The fourth-order valence-corrected chi connectivity index (χ4v) is 2.03. The molecule has 2 N–H and O–H groups in total. The van der Waals surface area contributed by atoms with Crippen LogP contribution in [0.4, 0.5) is 0 Å². The summed E-state index contributed by atoms with van der Waals surface area (Å²) in [5, 5.41) is 0. The molecule has 0 bridgehead atoms. The van der Waals surface area contributed by atoms with Crippen LogP contribution in [0.1, 0.15) is 13.8 Å². The number of nitrogens with zero attached hydrogens (tertiary/aromatic N) is 1. The van der Waals surface area contributed by atoms with E-state index < -0.39 is 0 Å². The van der Waals surface area contributed by atoms with E-state index in [9.17, 15) is 0 Å². The average Bonchev–Trinajstić information content (AvgIpc) is 2.10. The van der Waals surface area contributed by atoms with Gasteiger partial charge in [-0.1, -0.05) is 0 Å². The lowest BCUT2D eigenvalue weighted by Gasteiger charge is -2.29. The minimum atomic E-state index is 0.755. The van der Waals surface area contributed by atoms with Gasteiger partial charge in [-0.25, -0.2) is 0 Å². The normalized spacial score (nSPS) is 19.4. The van der Waals surface area contributed by atoms with Crippen LogP contribution in [0.5, 0.6) is 0 Å². The Kier molecular flexibility index (Phi) is 7.12. The van der Waals surface area contributed by atoms with Crippen LogP contribution < -0.4 is 5.73 Å². The minimum absolute atomic E-state index is 0.755. The molecule has 1 rings (SSSR count). The van der Waals surface area contributed by atoms with Crippen molar-refractivity contribution in [3.63, 3.8) is 0 Å². The van der Waals surface area contributed by atoms with Gasteiger partial charge >= 0.3 is 0 Å². The van der Waals surface area contributed by atoms with Crippen molar-refractivity contribution in [1.29, 1.82) is 0 Å². The van der Waals surface area contributed by atoms with Crippen LogP contribution in [0.15, 0.2) is 0 Å². The molecule has 0 radical (unpaired) electrons. The molecule has 0 saturated carbocycles. The van der Waals surface area contributed by atoms with E-state index in [-0.39, 0.29) is 0 Å². The molecule has 11 heavy (non-hydrogen) atoms. The molecular weight excluding hydrogens is 156 g/mol. The van der Waals surface area contributed by atoms with Gasteiger partial charge < -0.3 is 5.73 Å². The first-order valence-electron chi connectivity index (χ1n) is 4.20. The first-order chi connectivity index (χ1) is 5.30. The number of thioether (sulfide) groups is 1. The Hall–Kier alpha value is 0.270. The van der Waals surface area contributed by atoms with Gasteiger partial charge in [-0.3, -0.25) is 4.90 Å². The summed E-state index contributed by atoms with van der Waals surface area (Å²) in [5.41, 5.74) is 4.50. The zero-order valence-corrected chi connectivity index (χ0v) is 8.66. The van der Waals surface area contributed by atoms with E-state index in [4.69, 9.17) is 0 Å². The molecule has 0 unspecified atom stereocenters. The maximum atomic E-state index is 4.50. The molecule has 0 aromatic heterocycles. The van der Waals surface area contributed by atoms with Crippen molar-refractivity contribution in [3.05, 3.63) is 0 Å². The lowest BCUT2D eigenvalue weighted by molar-refractivity contribution is 0.245. The Morgan fingerprint density at radius 1 is 1.18 bits per heavy atom. The van der Waals surface area contributed by atoms with Gasteiger partial charge in [0, 0.05) is 30.6 Å². The Balaban J connectivity index is 0.000000461. The zero-order chi connectivity index (χ0) is 8.69. The maximum absolute atomic E-state index is 4.50. The molecule has 0 amide bonds. The third-order valence-corrected chi connectivity index (χ3v) is 2.72. The Morgan fingerprint density at radius 2 is 1.64 bits per heavy atom. The standard InChI is InChI=1S/C7H15NS.CH5N/c1-7(2)8-3-5-9-6-4-8;1-2/h7H,3-6H2,1-2H3;2H2,1H3. The fourth-order valence-electron chi connectivity index (χ4n) is 1.09. The number of nitrogens with two attached hydrogens (primary N) is 1. The van der Waals surface area contributed by atoms with Crippen LogP contribution in [-0.2, 0) is 0 Å². The van der Waals surface area contributed by atoms with E-state index in [2.05, 4.69) is 36.2 Å². The summed E-state index contributed by atoms with van der Waals surface area (Å²) in [6, 6.07) is 0.755. The molecule has 0 atom stereocenters. The first kappa shape index (κ1) is 11.3. The second kappa shape index (κ2) is 6.95. The Labute approximate surface area is 74.5 Å². The lowest BCUT2D eigenvalue weighted by Crippen LogP contribution is -2.37. The van der Waals surface area contributed by atoms with Gasteiger partial charge in [0.25, 0.3) is 0 Å². The molecule has 0 aromatic rings. The van der Waals surface area contributed by atoms with Crippen LogP contribution in [-0.4, -0.2) is 42.6 Å². The second-order valence-corrected chi connectivity index (χ2v) is 3.97. The van der Waals surface area contributed by atoms with Crippen LogP contribution in [0.25, 0.3) is 0 Å². The van der Waals surface area contributed by atoms with Gasteiger partial charge in [-0.15, -0.1) is 0 Å². The highest BCUT2D eigenvalue weighted by Gasteiger charge is 2.11. The Morgan fingerprint density at radius 3 is 1.91 bits per heavy atom. The van der Waals surface area contributed by atoms with E-state index in [0.29, 0.717) is 0 Å². The second-order valence-electron chi connectivity index (χ2n) is 2.74. The molecule has 1 fully saturated rings. The molecule has 0 aromatic carbocycles. The topological polar surface area (TPSA) is 29.3 Å². The van der Waals surface area contributed by atoms with E-state index in [1.54, 1.807) is 0 Å². The molecular formula is C8H20N2S. The predicted octanol–water partition coefficient (Wildman–Crippen LogP) is 1.02. The van der Waals surface area contributed by atoms with Gasteiger partial charge in [0.1, 0.15) is 0 Å². The molecule has 0 spiro atoms. The van der Waals surface area contributed by atoms with Crippen LogP contribution in [0.2, 0.25) is 0 Å². The average molecular weight is 176 g/mol. The third kappa shape index (κ3) is 4.67. The summed E-state index contributed by atoms with van der Waals surface area (Å²) in [6.45, 7) is 7.14. The summed E-state index contributed by atoms with van der Waals surface area (Å²) in [5.74, 6) is 2.66. The van der Waals surface area contributed by atoms with Crippen molar-refractivity contribution >= 4 is 11.8 Å². The van der Waals surface area contributed by atoms with Crippen LogP contribution in [0.3, 0.4) is 0 Å². The quantitative estimate of drug-likeness (QED) is 0.647. The fraction of sp³-hybridized carbons (Fsp3) is 1.00. The number of hydrogen-bond donors (Lipinski definition) is 1. The first-order valence-corrected chi connectivity index (χ1v) is 5.35. The lowest BCUT2D eigenvalue weighted by atomic mass is 10.3. The molecule has 2 nitrogen and oxygen atoms in total. The maximum Gasteiger partial charge on any atom is 0.00754 e. The van der Waals surface area contributed by atoms with Crippen molar-refractivity contribution in [2.24, 2.45) is 5.73 Å². The van der Waals surface area contributed by atoms with Gasteiger partial charge in [0.2, 0.25) is 0 Å². The van der Waals surface area contributed by atoms with Crippen molar-refractivity contribution in [3.8, 4) is 0 Å².